The van der Waals surface area contributed by atoms with Gasteiger partial charge in [0, 0.05) is 6.54 Å². The van der Waals surface area contributed by atoms with Crippen molar-refractivity contribution in [2.24, 2.45) is 5.92 Å². The van der Waals surface area contributed by atoms with Crippen molar-refractivity contribution in [3.05, 3.63) is 29.3 Å². The number of ether oxygens (including phenoxy) is 1. The summed E-state index contributed by atoms with van der Waals surface area (Å²) >= 11 is 0. The first-order valence-corrected chi connectivity index (χ1v) is 7.45. The molecule has 6 heteroatoms. The standard InChI is InChI=1S/C13H19NO4S/c1-9(2)8-14-19(16,17)12-7-11(13(15)18-4)6-5-10(12)3/h5-7,9,14H,8H2,1-4H3. The zero-order valence-electron chi connectivity index (χ0n) is 11.6. The van der Waals surface area contributed by atoms with Crippen molar-refractivity contribution in [3.63, 3.8) is 0 Å². The zero-order valence-corrected chi connectivity index (χ0v) is 12.4. The highest BCUT2D eigenvalue weighted by atomic mass is 32.2. The van der Waals surface area contributed by atoms with Crippen LogP contribution in [0, 0.1) is 12.8 Å². The van der Waals surface area contributed by atoms with E-state index in [-0.39, 0.29) is 16.4 Å². The molecule has 1 N–H and O–H groups in total. The van der Waals surface area contributed by atoms with Gasteiger partial charge in [0.05, 0.1) is 17.6 Å². The van der Waals surface area contributed by atoms with Crippen LogP contribution in [0.25, 0.3) is 0 Å². The summed E-state index contributed by atoms with van der Waals surface area (Å²) in [6.45, 7) is 5.87. The van der Waals surface area contributed by atoms with E-state index in [1.165, 1.54) is 13.2 Å². The van der Waals surface area contributed by atoms with E-state index in [0.29, 0.717) is 12.1 Å². The van der Waals surface area contributed by atoms with Crippen LogP contribution in [-0.2, 0) is 14.8 Å². The van der Waals surface area contributed by atoms with Gasteiger partial charge < -0.3 is 4.74 Å². The van der Waals surface area contributed by atoms with Crippen molar-refractivity contribution < 1.29 is 17.9 Å². The normalized spacial score (nSPS) is 11.6. The minimum absolute atomic E-state index is 0.107. The van der Waals surface area contributed by atoms with E-state index in [2.05, 4.69) is 9.46 Å². The monoisotopic (exact) mass is 285 g/mol. The number of carbonyl (C=O) groups excluding carboxylic acids is 1. The highest BCUT2D eigenvalue weighted by Crippen LogP contribution is 2.17. The predicted molar refractivity (Wildman–Crippen MR) is 72.5 cm³/mol. The molecule has 1 aromatic carbocycles. The van der Waals surface area contributed by atoms with E-state index in [4.69, 9.17) is 0 Å². The molecule has 0 saturated heterocycles. The van der Waals surface area contributed by atoms with Crippen LogP contribution >= 0.6 is 0 Å². The van der Waals surface area contributed by atoms with Crippen LogP contribution in [0.3, 0.4) is 0 Å². The lowest BCUT2D eigenvalue weighted by Crippen LogP contribution is -2.28. The van der Waals surface area contributed by atoms with Crippen LogP contribution in [-0.4, -0.2) is 28.0 Å². The Morgan fingerprint density at radius 2 is 2.00 bits per heavy atom. The Balaban J connectivity index is 3.15. The Morgan fingerprint density at radius 1 is 1.37 bits per heavy atom. The Bertz CT molecular complexity index is 564. The zero-order chi connectivity index (χ0) is 14.6. The fourth-order valence-electron chi connectivity index (χ4n) is 1.49. The Morgan fingerprint density at radius 3 is 2.53 bits per heavy atom. The fourth-order valence-corrected chi connectivity index (χ4v) is 2.97. The van der Waals surface area contributed by atoms with Gasteiger partial charge >= 0.3 is 5.97 Å². The molecule has 0 heterocycles. The molecular weight excluding hydrogens is 266 g/mol. The van der Waals surface area contributed by atoms with E-state index in [0.717, 1.165) is 0 Å². The third-order valence-electron chi connectivity index (χ3n) is 2.58. The molecule has 0 bridgehead atoms. The van der Waals surface area contributed by atoms with Crippen molar-refractivity contribution in [1.82, 2.24) is 4.72 Å². The lowest BCUT2D eigenvalue weighted by atomic mass is 10.1. The van der Waals surface area contributed by atoms with Crippen LogP contribution in [0.4, 0.5) is 0 Å². The molecule has 0 fully saturated rings. The molecule has 0 aliphatic rings. The maximum Gasteiger partial charge on any atom is 0.337 e. The van der Waals surface area contributed by atoms with E-state index < -0.39 is 16.0 Å². The maximum absolute atomic E-state index is 12.2. The molecule has 1 rings (SSSR count). The molecule has 0 unspecified atom stereocenters. The van der Waals surface area contributed by atoms with Gasteiger partial charge in [0.2, 0.25) is 10.0 Å². The highest BCUT2D eigenvalue weighted by molar-refractivity contribution is 7.89. The number of aryl methyl sites for hydroxylation is 1. The summed E-state index contributed by atoms with van der Waals surface area (Å²) in [5, 5.41) is 0. The van der Waals surface area contributed by atoms with Crippen LogP contribution < -0.4 is 4.72 Å². The molecule has 1 aromatic rings. The number of esters is 1. The van der Waals surface area contributed by atoms with Gasteiger partial charge in [-0.3, -0.25) is 0 Å². The third kappa shape index (κ3) is 4.04. The van der Waals surface area contributed by atoms with E-state index in [1.807, 2.05) is 13.8 Å². The summed E-state index contributed by atoms with van der Waals surface area (Å²) < 4.78 is 31.4. The summed E-state index contributed by atoms with van der Waals surface area (Å²) in [6.07, 6.45) is 0. The second-order valence-corrected chi connectivity index (χ2v) is 6.45. The number of benzene rings is 1. The predicted octanol–water partition coefficient (Wildman–Crippen LogP) is 1.72. The number of carbonyl (C=O) groups is 1. The number of methoxy groups -OCH3 is 1. The molecule has 0 atom stereocenters. The van der Waals surface area contributed by atoms with Gasteiger partial charge in [-0.1, -0.05) is 19.9 Å². The molecule has 0 aliphatic carbocycles. The largest absolute Gasteiger partial charge is 0.465 e. The Kier molecular flexibility index (Phi) is 5.08. The number of hydrogen-bond acceptors (Lipinski definition) is 4. The SMILES string of the molecule is COC(=O)c1ccc(C)c(S(=O)(=O)NCC(C)C)c1. The summed E-state index contributed by atoms with van der Waals surface area (Å²) in [6, 6.07) is 4.47. The first kappa shape index (κ1) is 15.7. The van der Waals surface area contributed by atoms with Crippen LogP contribution in [0.2, 0.25) is 0 Å². The summed E-state index contributed by atoms with van der Waals surface area (Å²) in [5.41, 5.74) is 0.807. The van der Waals surface area contributed by atoms with Crippen LogP contribution in [0.5, 0.6) is 0 Å². The average molecular weight is 285 g/mol. The molecule has 0 aromatic heterocycles. The maximum atomic E-state index is 12.2. The lowest BCUT2D eigenvalue weighted by Gasteiger charge is -2.12. The molecule has 106 valence electrons. The van der Waals surface area contributed by atoms with Crippen molar-refractivity contribution >= 4 is 16.0 Å². The number of hydrogen-bond donors (Lipinski definition) is 1. The molecule has 0 spiro atoms. The van der Waals surface area contributed by atoms with Crippen LogP contribution in [0.1, 0.15) is 29.8 Å². The van der Waals surface area contributed by atoms with Gasteiger partial charge in [0.15, 0.2) is 0 Å². The van der Waals surface area contributed by atoms with Gasteiger partial charge in [-0.2, -0.15) is 0 Å². The molecule has 19 heavy (non-hydrogen) atoms. The summed E-state index contributed by atoms with van der Waals surface area (Å²) in [4.78, 5) is 11.5. The number of sulfonamides is 1. The number of nitrogens with one attached hydrogen (secondary N) is 1. The quantitative estimate of drug-likeness (QED) is 0.836. The van der Waals surface area contributed by atoms with Gasteiger partial charge in [0.25, 0.3) is 0 Å². The molecular formula is C13H19NO4S. The van der Waals surface area contributed by atoms with E-state index in [1.54, 1.807) is 19.1 Å². The molecule has 0 aliphatic heterocycles. The highest BCUT2D eigenvalue weighted by Gasteiger charge is 2.19. The summed E-state index contributed by atoms with van der Waals surface area (Å²) in [5.74, 6) is -0.348. The lowest BCUT2D eigenvalue weighted by molar-refractivity contribution is 0.0600. The van der Waals surface area contributed by atoms with Gasteiger partial charge in [0.1, 0.15) is 0 Å². The minimum atomic E-state index is -3.61. The van der Waals surface area contributed by atoms with E-state index in [9.17, 15) is 13.2 Å². The van der Waals surface area contributed by atoms with Gasteiger partial charge in [-0.25, -0.2) is 17.9 Å². The molecule has 0 saturated carbocycles. The molecule has 0 radical (unpaired) electrons. The van der Waals surface area contributed by atoms with Crippen molar-refractivity contribution in [3.8, 4) is 0 Å². The average Bonchev–Trinajstić information content (AvgIpc) is 2.36. The Labute approximate surface area is 114 Å². The molecule has 0 amide bonds. The minimum Gasteiger partial charge on any atom is -0.465 e. The first-order valence-electron chi connectivity index (χ1n) is 5.96. The smallest absolute Gasteiger partial charge is 0.337 e. The molecule has 5 nitrogen and oxygen atoms in total. The van der Waals surface area contributed by atoms with Crippen LogP contribution in [0.15, 0.2) is 23.1 Å². The van der Waals surface area contributed by atoms with Gasteiger partial charge in [-0.15, -0.1) is 0 Å². The second kappa shape index (κ2) is 6.16. The fraction of sp³-hybridized carbons (Fsp3) is 0.462. The topological polar surface area (TPSA) is 72.5 Å². The van der Waals surface area contributed by atoms with Gasteiger partial charge in [-0.05, 0) is 30.5 Å². The van der Waals surface area contributed by atoms with Crippen molar-refractivity contribution in [2.75, 3.05) is 13.7 Å². The number of rotatable bonds is 5. The van der Waals surface area contributed by atoms with Crippen molar-refractivity contribution in [2.45, 2.75) is 25.7 Å². The van der Waals surface area contributed by atoms with E-state index >= 15 is 0 Å². The first-order chi connectivity index (χ1) is 8.77. The third-order valence-corrected chi connectivity index (χ3v) is 4.15. The summed E-state index contributed by atoms with van der Waals surface area (Å²) in [7, 11) is -2.35. The second-order valence-electron chi connectivity index (χ2n) is 4.72. The Hall–Kier alpha value is -1.40. The van der Waals surface area contributed by atoms with Crippen molar-refractivity contribution in [1.29, 1.82) is 0 Å².